The van der Waals surface area contributed by atoms with Crippen molar-refractivity contribution in [3.05, 3.63) is 53.1 Å². The van der Waals surface area contributed by atoms with Gasteiger partial charge in [0.25, 0.3) is 5.91 Å². The lowest BCUT2D eigenvalue weighted by atomic mass is 9.80. The number of likely N-dealkylation sites (N-methyl/N-ethyl adjacent to an activating group) is 1. The minimum absolute atomic E-state index is 0.157. The summed E-state index contributed by atoms with van der Waals surface area (Å²) in [6.45, 7) is 2.05. The number of aliphatic carboxylic acids is 1. The third kappa shape index (κ3) is 5.02. The van der Waals surface area contributed by atoms with Gasteiger partial charge in [-0.2, -0.15) is 0 Å². The van der Waals surface area contributed by atoms with Crippen molar-refractivity contribution in [1.29, 1.82) is 0 Å². The van der Waals surface area contributed by atoms with E-state index in [1.807, 2.05) is 30.0 Å². The van der Waals surface area contributed by atoms with Gasteiger partial charge in [-0.25, -0.2) is 13.1 Å². The largest absolute Gasteiger partial charge is 0.497 e. The number of nitrogens with one attached hydrogen (secondary N) is 1. The highest BCUT2D eigenvalue weighted by Crippen LogP contribution is 2.47. The second-order valence-electron chi connectivity index (χ2n) is 10.3. The molecule has 202 valence electrons. The molecule has 1 fully saturated rings. The molecular weight excluding hydrogens is 506 g/mol. The molecule has 2 N–H and O–H groups in total. The predicted molar refractivity (Wildman–Crippen MR) is 145 cm³/mol. The van der Waals surface area contributed by atoms with Crippen molar-refractivity contribution < 1.29 is 27.9 Å². The van der Waals surface area contributed by atoms with E-state index in [0.29, 0.717) is 30.3 Å². The lowest BCUT2D eigenvalue weighted by Gasteiger charge is -2.29. The molecule has 0 bridgehead atoms. The van der Waals surface area contributed by atoms with Crippen LogP contribution in [0.2, 0.25) is 0 Å². The predicted octanol–water partition coefficient (Wildman–Crippen LogP) is 3.95. The van der Waals surface area contributed by atoms with Gasteiger partial charge in [-0.1, -0.05) is 37.5 Å². The number of carbonyl (C=O) groups is 2. The zero-order chi connectivity index (χ0) is 27.0. The smallest absolute Gasteiger partial charge is 0.320 e. The Balaban J connectivity index is 1.81. The van der Waals surface area contributed by atoms with Gasteiger partial charge < -0.3 is 19.3 Å². The lowest BCUT2D eigenvalue weighted by Crippen LogP contribution is -2.35. The number of nitrogens with zero attached hydrogens (tertiary/aromatic N) is 2. The minimum atomic E-state index is -4.39. The quantitative estimate of drug-likeness (QED) is 0.487. The van der Waals surface area contributed by atoms with Crippen molar-refractivity contribution >= 4 is 32.8 Å². The van der Waals surface area contributed by atoms with Crippen LogP contribution in [0, 0.1) is 0 Å². The topological polar surface area (TPSA) is 118 Å². The van der Waals surface area contributed by atoms with Crippen molar-refractivity contribution in [2.24, 2.45) is 0 Å². The van der Waals surface area contributed by atoms with Gasteiger partial charge in [0.15, 0.2) is 5.75 Å². The molecule has 0 unspecified atom stereocenters. The number of amides is 1. The number of ether oxygens (including phenoxy) is 1. The van der Waals surface area contributed by atoms with Crippen LogP contribution in [0.5, 0.6) is 5.75 Å². The third-order valence-electron chi connectivity index (χ3n) is 7.64. The van der Waals surface area contributed by atoms with Crippen LogP contribution in [0.25, 0.3) is 22.2 Å². The van der Waals surface area contributed by atoms with Crippen LogP contribution in [-0.4, -0.2) is 61.3 Å². The molecule has 1 saturated carbocycles. The molecule has 2 aliphatic rings. The van der Waals surface area contributed by atoms with E-state index >= 15 is 0 Å². The van der Waals surface area contributed by atoms with Crippen LogP contribution in [0.4, 0.5) is 0 Å². The van der Waals surface area contributed by atoms with Gasteiger partial charge in [0.2, 0.25) is 10.0 Å². The number of methoxy groups -OCH3 is 1. The van der Waals surface area contributed by atoms with E-state index in [1.165, 1.54) is 19.1 Å². The molecule has 1 aliphatic carbocycles. The first-order valence-corrected chi connectivity index (χ1v) is 14.6. The van der Waals surface area contributed by atoms with Crippen molar-refractivity contribution in [1.82, 2.24) is 14.2 Å². The molecule has 5 rings (SSSR count). The van der Waals surface area contributed by atoms with Gasteiger partial charge in [0, 0.05) is 36.1 Å². The number of benzene rings is 2. The molecule has 1 amide bonds. The lowest BCUT2D eigenvalue weighted by molar-refractivity contribution is -0.134. The highest BCUT2D eigenvalue weighted by molar-refractivity contribution is 7.90. The number of rotatable bonds is 6. The normalized spacial score (nSPS) is 16.8. The molecule has 9 nitrogen and oxygen atoms in total. The van der Waals surface area contributed by atoms with Gasteiger partial charge in [-0.15, -0.1) is 0 Å². The summed E-state index contributed by atoms with van der Waals surface area (Å²) in [6, 6.07) is 11.8. The Morgan fingerprint density at radius 3 is 2.55 bits per heavy atom. The van der Waals surface area contributed by atoms with Crippen molar-refractivity contribution in [3.63, 3.8) is 0 Å². The Labute approximate surface area is 222 Å². The number of carboxylic acid groups (broad SMARTS) is 1. The van der Waals surface area contributed by atoms with Gasteiger partial charge in [0.05, 0.1) is 18.4 Å². The van der Waals surface area contributed by atoms with Crippen molar-refractivity contribution in [2.45, 2.75) is 51.1 Å². The zero-order valence-electron chi connectivity index (χ0n) is 21.7. The van der Waals surface area contributed by atoms with Crippen LogP contribution in [0.15, 0.2) is 36.4 Å². The highest BCUT2D eigenvalue weighted by Gasteiger charge is 2.32. The summed E-state index contributed by atoms with van der Waals surface area (Å²) in [5, 5.41) is 10.2. The molecule has 0 radical (unpaired) electrons. The number of aromatic nitrogens is 1. The summed E-state index contributed by atoms with van der Waals surface area (Å²) in [4.78, 5) is 26.9. The number of fused-ring (bicyclic) bond motifs is 5. The van der Waals surface area contributed by atoms with Gasteiger partial charge in [-0.05, 0) is 55.1 Å². The third-order valence-corrected chi connectivity index (χ3v) is 8.76. The molecule has 0 spiro atoms. The second kappa shape index (κ2) is 10.4. The number of carboxylic acids is 1. The number of hydrogen-bond donors (Lipinski definition) is 2. The van der Waals surface area contributed by atoms with E-state index < -0.39 is 27.7 Å². The van der Waals surface area contributed by atoms with Crippen LogP contribution in [0.3, 0.4) is 0 Å². The Kier molecular flexibility index (Phi) is 7.19. The van der Waals surface area contributed by atoms with E-state index in [2.05, 4.69) is 21.6 Å². The number of para-hydroxylation sites is 1. The monoisotopic (exact) mass is 539 g/mol. The van der Waals surface area contributed by atoms with Gasteiger partial charge in [0.1, 0.15) is 5.75 Å². The second-order valence-corrected chi connectivity index (χ2v) is 12.0. The fraction of sp³-hybridized carbons (Fsp3) is 0.429. The summed E-state index contributed by atoms with van der Waals surface area (Å²) in [5.41, 5.74) is 4.93. The van der Waals surface area contributed by atoms with Crippen LogP contribution >= 0.6 is 0 Å². The van der Waals surface area contributed by atoms with Crippen LogP contribution in [0.1, 0.15) is 59.5 Å². The maximum Gasteiger partial charge on any atom is 0.320 e. The Morgan fingerprint density at radius 1 is 1.11 bits per heavy atom. The summed E-state index contributed by atoms with van der Waals surface area (Å²) in [7, 11) is -0.877. The summed E-state index contributed by atoms with van der Waals surface area (Å²) in [5.74, 6) is -2.84. The first kappa shape index (κ1) is 26.2. The average molecular weight is 540 g/mol. The molecule has 1 aliphatic heterocycles. The average Bonchev–Trinajstić information content (AvgIpc) is 3.18. The zero-order valence-corrected chi connectivity index (χ0v) is 22.5. The summed E-state index contributed by atoms with van der Waals surface area (Å²) >= 11 is 0. The molecule has 2 aromatic carbocycles. The molecule has 2 heterocycles. The van der Waals surface area contributed by atoms with E-state index in [1.54, 1.807) is 6.07 Å². The first-order chi connectivity index (χ1) is 18.2. The van der Waals surface area contributed by atoms with E-state index in [4.69, 9.17) is 9.84 Å². The fourth-order valence-electron chi connectivity index (χ4n) is 6.05. The number of carbonyl (C=O) groups excluding carboxylic acids is 1. The molecule has 38 heavy (non-hydrogen) atoms. The van der Waals surface area contributed by atoms with Crippen molar-refractivity contribution in [2.75, 3.05) is 26.5 Å². The minimum Gasteiger partial charge on any atom is -0.497 e. The maximum absolute atomic E-state index is 13.6. The molecule has 0 atom stereocenters. The van der Waals surface area contributed by atoms with E-state index in [-0.39, 0.29) is 5.56 Å². The summed E-state index contributed by atoms with van der Waals surface area (Å²) in [6.07, 6.45) is 5.60. The fourth-order valence-corrected chi connectivity index (χ4v) is 6.84. The molecule has 0 saturated heterocycles. The van der Waals surface area contributed by atoms with Crippen molar-refractivity contribution in [3.8, 4) is 17.0 Å². The van der Waals surface area contributed by atoms with E-state index in [9.17, 15) is 18.0 Å². The summed E-state index contributed by atoms with van der Waals surface area (Å²) < 4.78 is 34.7. The Bertz CT molecular complexity index is 1500. The number of sulfonamides is 1. The maximum atomic E-state index is 13.6. The SMILES string of the molecule is COc1cc2c(c(C(=O)NS(=O)(=O)CC(=O)O)c1)-c1c(C3CCCCC3)c3ccccc3n1CCN(C)C2. The molecular formula is C28H33N3O6S. The first-order valence-electron chi connectivity index (χ1n) is 13.0. The Hall–Kier alpha value is -3.37. The molecule has 3 aromatic rings. The standard InChI is InChI=1S/C28H33N3O6S/c1-30-12-13-31-23-11-7-6-10-21(23)25(18-8-4-3-5-9-18)27(31)26-19(16-30)14-20(37-2)15-22(26)28(34)29-38(35,36)17-24(32)33/h6-7,10-11,14-15,18H,3-5,8-9,12-13,16-17H2,1-2H3,(H,29,34)(H,32,33). The van der Waals surface area contributed by atoms with E-state index in [0.717, 1.165) is 54.4 Å². The van der Waals surface area contributed by atoms with Gasteiger partial charge >= 0.3 is 5.97 Å². The Morgan fingerprint density at radius 2 is 1.84 bits per heavy atom. The van der Waals surface area contributed by atoms with Crippen LogP contribution in [-0.2, 0) is 27.9 Å². The molecule has 1 aromatic heterocycles. The van der Waals surface area contributed by atoms with Crippen LogP contribution < -0.4 is 9.46 Å². The highest BCUT2D eigenvalue weighted by atomic mass is 32.2. The van der Waals surface area contributed by atoms with Gasteiger partial charge in [-0.3, -0.25) is 9.59 Å². The number of hydrogen-bond acceptors (Lipinski definition) is 6. The molecule has 10 heteroatoms.